The number of rotatable bonds is 3. The van der Waals surface area contributed by atoms with Crippen LogP contribution >= 0.6 is 8.60 Å². The van der Waals surface area contributed by atoms with Crippen LogP contribution in [0.4, 0.5) is 0 Å². The minimum atomic E-state index is -2.57. The van der Waals surface area contributed by atoms with Gasteiger partial charge < -0.3 is 19.4 Å². The standard InChI is InChI=1S/C16H19O4P/c1-16(2,3)12-9-10-13(20-21(18)19)15(17)14(12)11-7-5-4-6-8-11/h4-10,17-19H,1-3H3. The predicted molar refractivity (Wildman–Crippen MR) is 84.2 cm³/mol. The molecule has 0 atom stereocenters. The van der Waals surface area contributed by atoms with Crippen LogP contribution in [0.1, 0.15) is 26.3 Å². The van der Waals surface area contributed by atoms with Crippen molar-refractivity contribution in [2.45, 2.75) is 26.2 Å². The van der Waals surface area contributed by atoms with Crippen LogP contribution in [0.5, 0.6) is 11.5 Å². The summed E-state index contributed by atoms with van der Waals surface area (Å²) in [6, 6.07) is 12.9. The van der Waals surface area contributed by atoms with Gasteiger partial charge in [-0.3, -0.25) is 0 Å². The molecule has 4 nitrogen and oxygen atoms in total. The molecular weight excluding hydrogens is 287 g/mol. The highest BCUT2D eigenvalue weighted by Gasteiger charge is 2.24. The number of benzene rings is 2. The van der Waals surface area contributed by atoms with Crippen molar-refractivity contribution in [3.63, 3.8) is 0 Å². The van der Waals surface area contributed by atoms with Gasteiger partial charge in [-0.25, -0.2) is 0 Å². The van der Waals surface area contributed by atoms with E-state index in [1.807, 2.05) is 36.4 Å². The maximum atomic E-state index is 10.5. The van der Waals surface area contributed by atoms with Crippen molar-refractivity contribution >= 4 is 8.60 Å². The van der Waals surface area contributed by atoms with Crippen LogP contribution in [0.25, 0.3) is 11.1 Å². The van der Waals surface area contributed by atoms with E-state index in [2.05, 4.69) is 20.8 Å². The fraction of sp³-hybridized carbons (Fsp3) is 0.250. The lowest BCUT2D eigenvalue weighted by atomic mass is 9.81. The van der Waals surface area contributed by atoms with Gasteiger partial charge in [-0.2, -0.15) is 0 Å². The second-order valence-electron chi connectivity index (χ2n) is 5.79. The van der Waals surface area contributed by atoms with Crippen molar-refractivity contribution in [2.24, 2.45) is 0 Å². The molecule has 0 amide bonds. The molecule has 0 unspecified atom stereocenters. The number of aromatic hydroxyl groups is 1. The Morgan fingerprint density at radius 1 is 0.952 bits per heavy atom. The first-order valence-corrected chi connectivity index (χ1v) is 7.75. The lowest BCUT2D eigenvalue weighted by Gasteiger charge is -2.25. The first kappa shape index (κ1) is 15.8. The normalized spacial score (nSPS) is 11.7. The van der Waals surface area contributed by atoms with Gasteiger partial charge in [0.1, 0.15) is 0 Å². The Balaban J connectivity index is 2.67. The summed E-state index contributed by atoms with van der Waals surface area (Å²) in [5.74, 6) is -0.0119. The Kier molecular flexibility index (Phi) is 4.52. The van der Waals surface area contributed by atoms with E-state index in [1.165, 1.54) is 0 Å². The van der Waals surface area contributed by atoms with Gasteiger partial charge in [0.2, 0.25) is 0 Å². The average molecular weight is 306 g/mol. The zero-order valence-electron chi connectivity index (χ0n) is 12.2. The van der Waals surface area contributed by atoms with E-state index in [0.717, 1.165) is 11.1 Å². The fourth-order valence-corrected chi connectivity index (χ4v) is 2.58. The van der Waals surface area contributed by atoms with E-state index >= 15 is 0 Å². The molecule has 0 radical (unpaired) electrons. The van der Waals surface area contributed by atoms with Crippen molar-refractivity contribution in [1.29, 1.82) is 0 Å². The van der Waals surface area contributed by atoms with Crippen LogP contribution in [0.2, 0.25) is 0 Å². The number of hydrogen-bond donors (Lipinski definition) is 3. The average Bonchev–Trinajstić information content (AvgIpc) is 2.40. The predicted octanol–water partition coefficient (Wildman–Crippen LogP) is 3.95. The molecule has 0 heterocycles. The monoisotopic (exact) mass is 306 g/mol. The zero-order chi connectivity index (χ0) is 15.6. The first-order chi connectivity index (χ1) is 9.80. The minimum absolute atomic E-state index is 0.0676. The molecule has 0 saturated carbocycles. The highest BCUT2D eigenvalue weighted by atomic mass is 31.2. The summed E-state index contributed by atoms with van der Waals surface area (Å²) in [5, 5.41) is 10.5. The molecule has 0 bridgehead atoms. The molecule has 0 aliphatic carbocycles. The molecule has 2 rings (SSSR count). The zero-order valence-corrected chi connectivity index (χ0v) is 13.1. The van der Waals surface area contributed by atoms with Gasteiger partial charge in [-0.1, -0.05) is 57.2 Å². The van der Waals surface area contributed by atoms with Crippen molar-refractivity contribution < 1.29 is 19.4 Å². The van der Waals surface area contributed by atoms with Crippen molar-refractivity contribution in [3.8, 4) is 22.6 Å². The van der Waals surface area contributed by atoms with Gasteiger partial charge >= 0.3 is 8.60 Å². The van der Waals surface area contributed by atoms with Gasteiger partial charge in [-0.05, 0) is 22.6 Å². The highest BCUT2D eigenvalue weighted by Crippen LogP contribution is 2.46. The molecule has 2 aromatic rings. The second kappa shape index (κ2) is 6.02. The molecule has 3 N–H and O–H groups in total. The maximum absolute atomic E-state index is 10.5. The summed E-state index contributed by atoms with van der Waals surface area (Å²) in [5.41, 5.74) is 2.28. The molecule has 0 aromatic heterocycles. The Hall–Kier alpha value is -1.61. The molecule has 2 aromatic carbocycles. The summed E-state index contributed by atoms with van der Waals surface area (Å²) in [7, 11) is -2.57. The first-order valence-electron chi connectivity index (χ1n) is 6.58. The number of phenolic OH excluding ortho intramolecular Hbond substituents is 1. The summed E-state index contributed by atoms with van der Waals surface area (Å²) >= 11 is 0. The summed E-state index contributed by atoms with van der Waals surface area (Å²) in [6.45, 7) is 6.17. The van der Waals surface area contributed by atoms with Crippen LogP contribution in [0.15, 0.2) is 42.5 Å². The summed E-state index contributed by atoms with van der Waals surface area (Å²) in [4.78, 5) is 18.0. The van der Waals surface area contributed by atoms with Crippen LogP contribution < -0.4 is 4.52 Å². The molecule has 112 valence electrons. The van der Waals surface area contributed by atoms with E-state index < -0.39 is 8.60 Å². The third kappa shape index (κ3) is 3.53. The van der Waals surface area contributed by atoms with Crippen molar-refractivity contribution in [1.82, 2.24) is 0 Å². The van der Waals surface area contributed by atoms with E-state index in [0.29, 0.717) is 5.56 Å². The Morgan fingerprint density at radius 3 is 2.10 bits per heavy atom. The molecule has 0 spiro atoms. The Bertz CT molecular complexity index is 618. The number of hydrogen-bond acceptors (Lipinski definition) is 4. The topological polar surface area (TPSA) is 69.9 Å². The fourth-order valence-electron chi connectivity index (χ4n) is 2.26. The maximum Gasteiger partial charge on any atom is 0.391 e. The molecule has 0 saturated heterocycles. The van der Waals surface area contributed by atoms with Gasteiger partial charge in [0.15, 0.2) is 11.5 Å². The highest BCUT2D eigenvalue weighted by molar-refractivity contribution is 7.39. The molecule has 5 heteroatoms. The quantitative estimate of drug-likeness (QED) is 0.751. The Morgan fingerprint density at radius 2 is 1.57 bits per heavy atom. The van der Waals surface area contributed by atoms with Gasteiger partial charge in [0.05, 0.1) is 0 Å². The van der Waals surface area contributed by atoms with E-state index in [9.17, 15) is 5.11 Å². The summed E-state index contributed by atoms with van der Waals surface area (Å²) in [6.07, 6.45) is 0. The van der Waals surface area contributed by atoms with Crippen LogP contribution in [0.3, 0.4) is 0 Å². The third-order valence-electron chi connectivity index (χ3n) is 3.19. The van der Waals surface area contributed by atoms with Crippen molar-refractivity contribution in [3.05, 3.63) is 48.0 Å². The Labute approximate surface area is 125 Å². The largest absolute Gasteiger partial charge is 0.504 e. The number of phenols is 1. The lowest BCUT2D eigenvalue weighted by molar-refractivity contribution is 0.360. The molecular formula is C16H19O4P. The molecule has 21 heavy (non-hydrogen) atoms. The SMILES string of the molecule is CC(C)(C)c1ccc(OP(O)O)c(O)c1-c1ccccc1. The smallest absolute Gasteiger partial charge is 0.391 e. The van der Waals surface area contributed by atoms with Crippen molar-refractivity contribution in [2.75, 3.05) is 0 Å². The lowest BCUT2D eigenvalue weighted by Crippen LogP contribution is -2.13. The van der Waals surface area contributed by atoms with E-state index in [1.54, 1.807) is 6.07 Å². The van der Waals surface area contributed by atoms with E-state index in [-0.39, 0.29) is 16.9 Å². The van der Waals surface area contributed by atoms with Gasteiger partial charge in [0, 0.05) is 5.56 Å². The summed E-state index contributed by atoms with van der Waals surface area (Å²) < 4.78 is 4.90. The third-order valence-corrected chi connectivity index (χ3v) is 3.55. The molecule has 0 aliphatic rings. The van der Waals surface area contributed by atoms with Gasteiger partial charge in [-0.15, -0.1) is 0 Å². The second-order valence-corrected chi connectivity index (χ2v) is 6.48. The van der Waals surface area contributed by atoms with Gasteiger partial charge in [0.25, 0.3) is 0 Å². The van der Waals surface area contributed by atoms with Crippen LogP contribution in [-0.2, 0) is 5.41 Å². The minimum Gasteiger partial charge on any atom is -0.504 e. The van der Waals surface area contributed by atoms with Crippen LogP contribution in [0, 0.1) is 0 Å². The van der Waals surface area contributed by atoms with Crippen LogP contribution in [-0.4, -0.2) is 14.9 Å². The molecule has 0 fully saturated rings. The molecule has 0 aliphatic heterocycles. The van der Waals surface area contributed by atoms with E-state index in [4.69, 9.17) is 14.3 Å².